The van der Waals surface area contributed by atoms with E-state index in [2.05, 4.69) is 5.32 Å². The maximum atomic E-state index is 11.4. The van der Waals surface area contributed by atoms with Crippen LogP contribution in [-0.4, -0.2) is 48.2 Å². The van der Waals surface area contributed by atoms with Crippen LogP contribution in [0.4, 0.5) is 0 Å². The quantitative estimate of drug-likeness (QED) is 0.594. The summed E-state index contributed by atoms with van der Waals surface area (Å²) in [5.41, 5.74) is 0. The lowest BCUT2D eigenvalue weighted by molar-refractivity contribution is -0.136. The molecule has 0 aliphatic heterocycles. The van der Waals surface area contributed by atoms with E-state index in [0.29, 0.717) is 18.9 Å². The van der Waals surface area contributed by atoms with Crippen LogP contribution in [0.25, 0.3) is 0 Å². The van der Waals surface area contributed by atoms with E-state index in [9.17, 15) is 9.59 Å². The standard InChI is InChI=1S/C9H17NO4S/c1-7(15-6-3-8(11)12)9(13)10-4-5-14-2/h7H,3-6H2,1-2H3,(H,10,13)(H,11,12). The molecule has 0 bridgehead atoms. The van der Waals surface area contributed by atoms with Gasteiger partial charge in [-0.2, -0.15) is 0 Å². The molecule has 0 aromatic heterocycles. The molecule has 0 radical (unpaired) electrons. The highest BCUT2D eigenvalue weighted by Gasteiger charge is 2.12. The third-order valence-corrected chi connectivity index (χ3v) is 2.81. The molecule has 0 aromatic carbocycles. The number of ether oxygens (including phenoxy) is 1. The molecule has 0 rings (SSSR count). The fourth-order valence-electron chi connectivity index (χ4n) is 0.819. The Morgan fingerprint density at radius 2 is 2.20 bits per heavy atom. The second-order valence-corrected chi connectivity index (χ2v) is 4.39. The van der Waals surface area contributed by atoms with Crippen LogP contribution in [0.5, 0.6) is 0 Å². The van der Waals surface area contributed by atoms with Crippen molar-refractivity contribution >= 4 is 23.6 Å². The molecular weight excluding hydrogens is 218 g/mol. The van der Waals surface area contributed by atoms with Crippen molar-refractivity contribution in [2.75, 3.05) is 26.0 Å². The van der Waals surface area contributed by atoms with Crippen LogP contribution < -0.4 is 5.32 Å². The molecule has 1 atom stereocenters. The van der Waals surface area contributed by atoms with Gasteiger partial charge in [0.2, 0.25) is 5.91 Å². The van der Waals surface area contributed by atoms with Gasteiger partial charge in [0.15, 0.2) is 0 Å². The van der Waals surface area contributed by atoms with E-state index in [1.807, 2.05) is 0 Å². The lowest BCUT2D eigenvalue weighted by Gasteiger charge is -2.10. The number of thioether (sulfide) groups is 1. The van der Waals surface area contributed by atoms with E-state index in [0.717, 1.165) is 0 Å². The molecule has 88 valence electrons. The minimum absolute atomic E-state index is 0.0811. The number of carboxylic acids is 1. The molecule has 6 heteroatoms. The largest absolute Gasteiger partial charge is 0.481 e. The van der Waals surface area contributed by atoms with Crippen LogP contribution >= 0.6 is 11.8 Å². The first-order valence-corrected chi connectivity index (χ1v) is 5.73. The van der Waals surface area contributed by atoms with Crippen molar-refractivity contribution < 1.29 is 19.4 Å². The molecule has 0 aromatic rings. The van der Waals surface area contributed by atoms with E-state index in [1.165, 1.54) is 11.8 Å². The molecule has 2 N–H and O–H groups in total. The highest BCUT2D eigenvalue weighted by molar-refractivity contribution is 8.00. The smallest absolute Gasteiger partial charge is 0.304 e. The Morgan fingerprint density at radius 3 is 2.73 bits per heavy atom. The van der Waals surface area contributed by atoms with Gasteiger partial charge >= 0.3 is 5.97 Å². The molecule has 0 saturated carbocycles. The van der Waals surface area contributed by atoms with Crippen molar-refractivity contribution in [2.24, 2.45) is 0 Å². The zero-order chi connectivity index (χ0) is 11.7. The lowest BCUT2D eigenvalue weighted by Crippen LogP contribution is -2.33. The number of hydrogen-bond acceptors (Lipinski definition) is 4. The number of amides is 1. The van der Waals surface area contributed by atoms with Gasteiger partial charge in [-0.15, -0.1) is 11.8 Å². The number of nitrogens with one attached hydrogen (secondary N) is 1. The first-order valence-electron chi connectivity index (χ1n) is 4.68. The van der Waals surface area contributed by atoms with Crippen LogP contribution in [0.15, 0.2) is 0 Å². The van der Waals surface area contributed by atoms with Crippen LogP contribution in [0.2, 0.25) is 0 Å². The first-order chi connectivity index (χ1) is 7.07. The van der Waals surface area contributed by atoms with Crippen LogP contribution in [0.3, 0.4) is 0 Å². The van der Waals surface area contributed by atoms with Crippen molar-refractivity contribution in [3.63, 3.8) is 0 Å². The van der Waals surface area contributed by atoms with Gasteiger partial charge in [0.05, 0.1) is 18.3 Å². The second-order valence-electron chi connectivity index (χ2n) is 2.94. The Balaban J connectivity index is 3.55. The molecule has 0 heterocycles. The molecule has 0 spiro atoms. The van der Waals surface area contributed by atoms with E-state index in [1.54, 1.807) is 14.0 Å². The summed E-state index contributed by atoms with van der Waals surface area (Å²) in [7, 11) is 1.57. The minimum atomic E-state index is -0.838. The molecule has 0 aliphatic carbocycles. The predicted octanol–water partition coefficient (Wildman–Crippen LogP) is 0.345. The number of methoxy groups -OCH3 is 1. The van der Waals surface area contributed by atoms with Gasteiger partial charge in [0.25, 0.3) is 0 Å². The molecule has 15 heavy (non-hydrogen) atoms. The van der Waals surface area contributed by atoms with Gasteiger partial charge in [0.1, 0.15) is 0 Å². The van der Waals surface area contributed by atoms with Crippen LogP contribution in [0, 0.1) is 0 Å². The Bertz CT molecular complexity index is 210. The van der Waals surface area contributed by atoms with Gasteiger partial charge in [-0.3, -0.25) is 9.59 Å². The molecule has 0 aliphatic rings. The van der Waals surface area contributed by atoms with E-state index in [4.69, 9.17) is 9.84 Å². The maximum Gasteiger partial charge on any atom is 0.304 e. The molecule has 1 unspecified atom stereocenters. The Labute approximate surface area is 93.6 Å². The second kappa shape index (κ2) is 8.55. The predicted molar refractivity (Wildman–Crippen MR) is 59.1 cm³/mol. The summed E-state index contributed by atoms with van der Waals surface area (Å²) in [5, 5.41) is 10.9. The van der Waals surface area contributed by atoms with E-state index >= 15 is 0 Å². The molecule has 0 fully saturated rings. The highest BCUT2D eigenvalue weighted by Crippen LogP contribution is 2.11. The number of carboxylic acid groups (broad SMARTS) is 1. The number of aliphatic carboxylic acids is 1. The van der Waals surface area contributed by atoms with Gasteiger partial charge in [-0.1, -0.05) is 0 Å². The molecule has 0 saturated heterocycles. The molecule has 5 nitrogen and oxygen atoms in total. The summed E-state index contributed by atoms with van der Waals surface area (Å²) in [6.07, 6.45) is 0.0837. The Kier molecular flexibility index (Phi) is 8.12. The van der Waals surface area contributed by atoms with E-state index in [-0.39, 0.29) is 17.6 Å². The molecular formula is C9H17NO4S. The summed E-state index contributed by atoms with van der Waals surface area (Å²) in [5.74, 6) is -0.467. The van der Waals surface area contributed by atoms with E-state index < -0.39 is 5.97 Å². The third-order valence-electron chi connectivity index (χ3n) is 1.66. The first kappa shape index (κ1) is 14.2. The number of carbonyl (C=O) groups excluding carboxylic acids is 1. The van der Waals surface area contributed by atoms with Gasteiger partial charge in [-0.05, 0) is 6.92 Å². The topological polar surface area (TPSA) is 75.6 Å². The third kappa shape index (κ3) is 8.26. The minimum Gasteiger partial charge on any atom is -0.481 e. The Hall–Kier alpha value is -0.750. The summed E-state index contributed by atoms with van der Waals surface area (Å²) < 4.78 is 4.79. The number of rotatable bonds is 8. The zero-order valence-electron chi connectivity index (χ0n) is 8.99. The maximum absolute atomic E-state index is 11.4. The fraction of sp³-hybridized carbons (Fsp3) is 0.778. The average Bonchev–Trinajstić information content (AvgIpc) is 2.17. The van der Waals surface area contributed by atoms with Gasteiger partial charge in [0, 0.05) is 19.4 Å². The van der Waals surface area contributed by atoms with Gasteiger partial charge in [-0.25, -0.2) is 0 Å². The number of carbonyl (C=O) groups is 2. The molecule has 1 amide bonds. The summed E-state index contributed by atoms with van der Waals surface area (Å²) >= 11 is 1.34. The zero-order valence-corrected chi connectivity index (χ0v) is 9.80. The monoisotopic (exact) mass is 235 g/mol. The van der Waals surface area contributed by atoms with Crippen molar-refractivity contribution in [1.82, 2.24) is 5.32 Å². The normalized spacial score (nSPS) is 12.1. The number of hydrogen-bond donors (Lipinski definition) is 2. The average molecular weight is 235 g/mol. The van der Waals surface area contributed by atoms with Gasteiger partial charge < -0.3 is 15.2 Å². The SMILES string of the molecule is COCCNC(=O)C(C)SCCC(=O)O. The van der Waals surface area contributed by atoms with Crippen LogP contribution in [-0.2, 0) is 14.3 Å². The summed E-state index contributed by atoms with van der Waals surface area (Å²) in [4.78, 5) is 21.6. The Morgan fingerprint density at radius 1 is 1.53 bits per heavy atom. The highest BCUT2D eigenvalue weighted by atomic mass is 32.2. The van der Waals surface area contributed by atoms with Crippen molar-refractivity contribution in [2.45, 2.75) is 18.6 Å². The van der Waals surface area contributed by atoms with Crippen molar-refractivity contribution in [3.05, 3.63) is 0 Å². The fourth-order valence-corrected chi connectivity index (χ4v) is 1.70. The summed E-state index contributed by atoms with van der Waals surface area (Å²) in [6.45, 7) is 2.73. The summed E-state index contributed by atoms with van der Waals surface area (Å²) in [6, 6.07) is 0. The lowest BCUT2D eigenvalue weighted by atomic mass is 10.4. The van der Waals surface area contributed by atoms with Crippen LogP contribution in [0.1, 0.15) is 13.3 Å². The van der Waals surface area contributed by atoms with Crippen molar-refractivity contribution in [3.8, 4) is 0 Å². The van der Waals surface area contributed by atoms with Crippen molar-refractivity contribution in [1.29, 1.82) is 0 Å².